The van der Waals surface area contributed by atoms with Gasteiger partial charge in [0.1, 0.15) is 5.82 Å². The van der Waals surface area contributed by atoms with Crippen molar-refractivity contribution in [3.63, 3.8) is 0 Å². The van der Waals surface area contributed by atoms with Crippen LogP contribution in [0.15, 0.2) is 48.8 Å². The third-order valence-corrected chi connectivity index (χ3v) is 4.59. The number of pyridine rings is 1. The minimum atomic E-state index is -3.49. The molecule has 1 heterocycles. The number of rotatable bonds is 5. The second-order valence-corrected chi connectivity index (χ2v) is 6.43. The molecule has 6 heteroatoms. The molecule has 1 aromatic carbocycles. The molecule has 0 fully saturated rings. The van der Waals surface area contributed by atoms with Crippen molar-refractivity contribution in [3.8, 4) is 0 Å². The zero-order chi connectivity index (χ0) is 14.6. The summed E-state index contributed by atoms with van der Waals surface area (Å²) in [7, 11) is -3.49. The summed E-state index contributed by atoms with van der Waals surface area (Å²) in [5.41, 5.74) is 1.06. The van der Waals surface area contributed by atoms with Crippen LogP contribution in [0.1, 0.15) is 12.5 Å². The summed E-state index contributed by atoms with van der Waals surface area (Å²) >= 11 is 0. The molecule has 1 aromatic heterocycles. The fourth-order valence-electron chi connectivity index (χ4n) is 1.79. The number of anilines is 1. The Morgan fingerprint density at radius 3 is 2.65 bits per heavy atom. The van der Waals surface area contributed by atoms with Crippen molar-refractivity contribution in [1.82, 2.24) is 4.98 Å². The highest BCUT2D eigenvalue weighted by molar-refractivity contribution is 7.92. The van der Waals surface area contributed by atoms with Crippen LogP contribution in [-0.4, -0.2) is 19.2 Å². The lowest BCUT2D eigenvalue weighted by Gasteiger charge is -2.23. The first-order valence-corrected chi connectivity index (χ1v) is 7.79. The number of halogens is 1. The smallest absolute Gasteiger partial charge is 0.235 e. The standard InChI is InChI=1S/C14H15FN2O2S/c1-2-20(18,19)17(11-12-5-4-8-16-10-12)14-7-3-6-13(15)9-14/h3-10H,2,11H2,1H3. The van der Waals surface area contributed by atoms with E-state index < -0.39 is 15.8 Å². The lowest BCUT2D eigenvalue weighted by molar-refractivity contribution is 0.591. The first-order chi connectivity index (χ1) is 9.53. The summed E-state index contributed by atoms with van der Waals surface area (Å²) in [5, 5.41) is 0. The van der Waals surface area contributed by atoms with Gasteiger partial charge in [-0.3, -0.25) is 9.29 Å². The first-order valence-electron chi connectivity index (χ1n) is 6.18. The Labute approximate surface area is 117 Å². The third kappa shape index (κ3) is 3.33. The molecule has 0 atom stereocenters. The molecule has 0 spiro atoms. The van der Waals surface area contributed by atoms with Gasteiger partial charge in [-0.1, -0.05) is 12.1 Å². The van der Waals surface area contributed by atoms with Crippen LogP contribution in [0.4, 0.5) is 10.1 Å². The van der Waals surface area contributed by atoms with Gasteiger partial charge in [0.15, 0.2) is 0 Å². The van der Waals surface area contributed by atoms with Gasteiger partial charge >= 0.3 is 0 Å². The van der Waals surface area contributed by atoms with Crippen molar-refractivity contribution in [2.45, 2.75) is 13.5 Å². The van der Waals surface area contributed by atoms with E-state index in [4.69, 9.17) is 0 Å². The van der Waals surface area contributed by atoms with Crippen molar-refractivity contribution in [1.29, 1.82) is 0 Å². The highest BCUT2D eigenvalue weighted by Crippen LogP contribution is 2.22. The Kier molecular flexibility index (Phi) is 4.34. The summed E-state index contributed by atoms with van der Waals surface area (Å²) in [6.45, 7) is 1.69. The molecule has 0 radical (unpaired) electrons. The van der Waals surface area contributed by atoms with Crippen molar-refractivity contribution in [2.75, 3.05) is 10.1 Å². The van der Waals surface area contributed by atoms with E-state index in [1.54, 1.807) is 37.5 Å². The molecule has 0 aliphatic rings. The van der Waals surface area contributed by atoms with E-state index in [1.165, 1.54) is 22.5 Å². The van der Waals surface area contributed by atoms with Crippen LogP contribution < -0.4 is 4.31 Å². The fraction of sp³-hybridized carbons (Fsp3) is 0.214. The zero-order valence-corrected chi connectivity index (χ0v) is 11.8. The second-order valence-electron chi connectivity index (χ2n) is 4.25. The molecule has 0 bridgehead atoms. The van der Waals surface area contributed by atoms with E-state index in [-0.39, 0.29) is 12.3 Å². The Morgan fingerprint density at radius 1 is 1.25 bits per heavy atom. The Morgan fingerprint density at radius 2 is 2.05 bits per heavy atom. The van der Waals surface area contributed by atoms with Gasteiger partial charge in [0, 0.05) is 12.4 Å². The number of aromatic nitrogens is 1. The molecule has 2 rings (SSSR count). The van der Waals surface area contributed by atoms with Gasteiger partial charge in [0.05, 0.1) is 18.0 Å². The third-order valence-electron chi connectivity index (χ3n) is 2.85. The van der Waals surface area contributed by atoms with Gasteiger partial charge in [-0.15, -0.1) is 0 Å². The predicted octanol–water partition coefficient (Wildman–Crippen LogP) is 2.58. The largest absolute Gasteiger partial charge is 0.266 e. The summed E-state index contributed by atoms with van der Waals surface area (Å²) in [6, 6.07) is 9.08. The average Bonchev–Trinajstić information content (AvgIpc) is 2.45. The highest BCUT2D eigenvalue weighted by Gasteiger charge is 2.21. The van der Waals surface area contributed by atoms with Crippen LogP contribution >= 0.6 is 0 Å². The molecule has 0 amide bonds. The van der Waals surface area contributed by atoms with Gasteiger partial charge < -0.3 is 0 Å². The molecule has 2 aromatic rings. The van der Waals surface area contributed by atoms with Gasteiger partial charge in [0.25, 0.3) is 0 Å². The maximum atomic E-state index is 13.3. The van der Waals surface area contributed by atoms with Crippen LogP contribution in [0.5, 0.6) is 0 Å². The fourth-order valence-corrected chi connectivity index (χ4v) is 2.89. The first kappa shape index (κ1) is 14.5. The molecule has 0 N–H and O–H groups in total. The molecule has 0 saturated heterocycles. The Balaban J connectivity index is 2.41. The highest BCUT2D eigenvalue weighted by atomic mass is 32.2. The molecular formula is C14H15FN2O2S. The lowest BCUT2D eigenvalue weighted by atomic mass is 10.2. The van der Waals surface area contributed by atoms with E-state index in [9.17, 15) is 12.8 Å². The number of hydrogen-bond donors (Lipinski definition) is 0. The summed E-state index contributed by atoms with van der Waals surface area (Å²) in [5.74, 6) is -0.519. The van der Waals surface area contributed by atoms with Crippen LogP contribution in [0, 0.1) is 5.82 Å². The molecule has 0 aliphatic carbocycles. The van der Waals surface area contributed by atoms with Gasteiger partial charge in [-0.2, -0.15) is 0 Å². The molecule has 0 saturated carbocycles. The second kappa shape index (κ2) is 6.00. The Bertz CT molecular complexity index is 675. The summed E-state index contributed by atoms with van der Waals surface area (Å²) < 4.78 is 38.9. The van der Waals surface area contributed by atoms with Crippen LogP contribution in [0.3, 0.4) is 0 Å². The van der Waals surface area contributed by atoms with Crippen LogP contribution in [-0.2, 0) is 16.6 Å². The van der Waals surface area contributed by atoms with Crippen LogP contribution in [0.25, 0.3) is 0 Å². The van der Waals surface area contributed by atoms with E-state index in [2.05, 4.69) is 4.98 Å². The normalized spacial score (nSPS) is 11.3. The summed E-state index contributed by atoms with van der Waals surface area (Å²) in [6.07, 6.45) is 3.21. The summed E-state index contributed by atoms with van der Waals surface area (Å²) in [4.78, 5) is 3.96. The van der Waals surface area contributed by atoms with E-state index >= 15 is 0 Å². The predicted molar refractivity (Wildman–Crippen MR) is 76.3 cm³/mol. The molecule has 20 heavy (non-hydrogen) atoms. The van der Waals surface area contributed by atoms with Gasteiger partial charge in [-0.25, -0.2) is 12.8 Å². The molecule has 0 unspecified atom stereocenters. The van der Waals surface area contributed by atoms with Gasteiger partial charge in [-0.05, 0) is 36.8 Å². The van der Waals surface area contributed by atoms with Crippen molar-refractivity contribution >= 4 is 15.7 Å². The molecule has 106 valence electrons. The number of benzene rings is 1. The van der Waals surface area contributed by atoms with Crippen LogP contribution in [0.2, 0.25) is 0 Å². The monoisotopic (exact) mass is 294 g/mol. The number of sulfonamides is 1. The van der Waals surface area contributed by atoms with E-state index in [1.807, 2.05) is 0 Å². The van der Waals surface area contributed by atoms with Crippen molar-refractivity contribution < 1.29 is 12.8 Å². The topological polar surface area (TPSA) is 50.3 Å². The Hall–Kier alpha value is -1.95. The molecule has 0 aliphatic heterocycles. The van der Waals surface area contributed by atoms with E-state index in [0.717, 1.165) is 5.56 Å². The average molecular weight is 294 g/mol. The number of nitrogens with zero attached hydrogens (tertiary/aromatic N) is 2. The minimum Gasteiger partial charge on any atom is -0.266 e. The lowest BCUT2D eigenvalue weighted by Crippen LogP contribution is -2.31. The molecule has 4 nitrogen and oxygen atoms in total. The number of hydrogen-bond acceptors (Lipinski definition) is 3. The quantitative estimate of drug-likeness (QED) is 0.851. The maximum Gasteiger partial charge on any atom is 0.235 e. The SMILES string of the molecule is CCS(=O)(=O)N(Cc1cccnc1)c1cccc(F)c1. The zero-order valence-electron chi connectivity index (χ0n) is 11.0. The maximum absolute atomic E-state index is 13.3. The minimum absolute atomic E-state index is 0.0518. The molecular weight excluding hydrogens is 279 g/mol. The van der Waals surface area contributed by atoms with Gasteiger partial charge in [0.2, 0.25) is 10.0 Å². The van der Waals surface area contributed by atoms with E-state index in [0.29, 0.717) is 5.69 Å². The van der Waals surface area contributed by atoms with Crippen molar-refractivity contribution in [3.05, 3.63) is 60.2 Å². The van der Waals surface area contributed by atoms with Crippen molar-refractivity contribution in [2.24, 2.45) is 0 Å².